The Morgan fingerprint density at radius 2 is 1.68 bits per heavy atom. The van der Waals surface area contributed by atoms with E-state index < -0.39 is 0 Å². The van der Waals surface area contributed by atoms with E-state index in [0.29, 0.717) is 6.61 Å². The Morgan fingerprint density at radius 1 is 0.900 bits per heavy atom. The SMILES string of the molecule is COC[C@@H]1CCCN1c1cc(C(=O)N2CCC[C@H]2CN2CCCC2)c2cc(-c3ccc4c(c3)OCO4)ccc2n1. The van der Waals surface area contributed by atoms with Crippen LogP contribution in [0, 0.1) is 0 Å². The smallest absolute Gasteiger partial charge is 0.254 e. The minimum absolute atomic E-state index is 0.126. The average molecular weight is 543 g/mol. The van der Waals surface area contributed by atoms with Crippen molar-refractivity contribution in [2.24, 2.45) is 0 Å². The van der Waals surface area contributed by atoms with Crippen LogP contribution in [0.2, 0.25) is 0 Å². The Bertz CT molecular complexity index is 1410. The number of carbonyl (C=O) groups is 1. The van der Waals surface area contributed by atoms with Gasteiger partial charge in [-0.25, -0.2) is 4.98 Å². The van der Waals surface area contributed by atoms with Gasteiger partial charge in [0, 0.05) is 38.2 Å². The van der Waals surface area contributed by atoms with Crippen molar-refractivity contribution in [1.29, 1.82) is 0 Å². The maximum Gasteiger partial charge on any atom is 0.254 e. The van der Waals surface area contributed by atoms with Gasteiger partial charge in [0.05, 0.1) is 23.7 Å². The Labute approximate surface area is 235 Å². The number of aromatic nitrogens is 1. The lowest BCUT2D eigenvalue weighted by Gasteiger charge is -2.30. The number of methoxy groups -OCH3 is 1. The van der Waals surface area contributed by atoms with Crippen molar-refractivity contribution in [3.05, 3.63) is 48.0 Å². The molecule has 0 bridgehead atoms. The lowest BCUT2D eigenvalue weighted by molar-refractivity contribution is 0.0710. The number of hydrogen-bond donors (Lipinski definition) is 0. The van der Waals surface area contributed by atoms with E-state index in [0.717, 1.165) is 103 Å². The zero-order chi connectivity index (χ0) is 27.1. The normalized spacial score (nSPS) is 22.6. The van der Waals surface area contributed by atoms with E-state index in [2.05, 4.69) is 32.9 Å². The number of benzene rings is 2. The van der Waals surface area contributed by atoms with Crippen LogP contribution in [0.1, 0.15) is 48.9 Å². The average Bonchev–Trinajstić information content (AvgIpc) is 3.80. The first-order valence-corrected chi connectivity index (χ1v) is 14.8. The summed E-state index contributed by atoms with van der Waals surface area (Å²) in [6.07, 6.45) is 6.83. The Hall–Kier alpha value is -3.36. The largest absolute Gasteiger partial charge is 0.454 e. The summed E-state index contributed by atoms with van der Waals surface area (Å²) in [7, 11) is 1.75. The highest BCUT2D eigenvalue weighted by Gasteiger charge is 2.34. The van der Waals surface area contributed by atoms with E-state index in [4.69, 9.17) is 19.2 Å². The number of anilines is 1. The van der Waals surface area contributed by atoms with E-state index in [1.807, 2.05) is 24.3 Å². The molecule has 3 saturated heterocycles. The van der Waals surface area contributed by atoms with Gasteiger partial charge in [0.15, 0.2) is 11.5 Å². The molecular weight excluding hydrogens is 504 g/mol. The maximum absolute atomic E-state index is 14.4. The van der Waals surface area contributed by atoms with Gasteiger partial charge in [0.25, 0.3) is 5.91 Å². The topological polar surface area (TPSA) is 67.4 Å². The van der Waals surface area contributed by atoms with Crippen molar-refractivity contribution in [2.45, 2.75) is 50.6 Å². The first-order chi connectivity index (χ1) is 19.7. The van der Waals surface area contributed by atoms with Gasteiger partial charge in [0.2, 0.25) is 6.79 Å². The summed E-state index contributed by atoms with van der Waals surface area (Å²) < 4.78 is 16.7. The molecule has 2 atom stereocenters. The molecule has 3 aromatic rings. The van der Waals surface area contributed by atoms with Crippen LogP contribution < -0.4 is 14.4 Å². The fourth-order valence-electron chi connectivity index (χ4n) is 7.01. The van der Waals surface area contributed by atoms with Gasteiger partial charge in [-0.15, -0.1) is 0 Å². The molecule has 5 heterocycles. The Balaban J connectivity index is 1.29. The number of rotatable bonds is 7. The molecule has 0 spiro atoms. The predicted molar refractivity (Wildman–Crippen MR) is 155 cm³/mol. The van der Waals surface area contributed by atoms with Crippen LogP contribution in [0.5, 0.6) is 11.5 Å². The van der Waals surface area contributed by atoms with Gasteiger partial charge in [0.1, 0.15) is 5.82 Å². The summed E-state index contributed by atoms with van der Waals surface area (Å²) in [5.41, 5.74) is 3.66. The third kappa shape index (κ3) is 4.77. The molecule has 40 heavy (non-hydrogen) atoms. The zero-order valence-corrected chi connectivity index (χ0v) is 23.3. The van der Waals surface area contributed by atoms with Crippen molar-refractivity contribution in [1.82, 2.24) is 14.8 Å². The molecule has 0 radical (unpaired) electrons. The quantitative estimate of drug-likeness (QED) is 0.419. The highest BCUT2D eigenvalue weighted by molar-refractivity contribution is 6.08. The second-order valence-corrected chi connectivity index (χ2v) is 11.6. The Morgan fingerprint density at radius 3 is 2.55 bits per heavy atom. The number of pyridine rings is 1. The van der Waals surface area contributed by atoms with E-state index in [1.165, 1.54) is 12.8 Å². The molecule has 7 rings (SSSR count). The molecule has 8 heteroatoms. The van der Waals surface area contributed by atoms with Crippen LogP contribution in [0.3, 0.4) is 0 Å². The number of nitrogens with zero attached hydrogens (tertiary/aromatic N) is 4. The zero-order valence-electron chi connectivity index (χ0n) is 23.3. The van der Waals surface area contributed by atoms with Crippen molar-refractivity contribution in [3.63, 3.8) is 0 Å². The number of fused-ring (bicyclic) bond motifs is 2. The second-order valence-electron chi connectivity index (χ2n) is 11.6. The minimum Gasteiger partial charge on any atom is -0.454 e. The number of ether oxygens (including phenoxy) is 3. The Kier molecular flexibility index (Phi) is 6.97. The van der Waals surface area contributed by atoms with Gasteiger partial charge in [-0.2, -0.15) is 0 Å². The van der Waals surface area contributed by atoms with Crippen LogP contribution in [0.15, 0.2) is 42.5 Å². The van der Waals surface area contributed by atoms with E-state index in [1.54, 1.807) is 7.11 Å². The van der Waals surface area contributed by atoms with Gasteiger partial charge in [-0.1, -0.05) is 12.1 Å². The number of likely N-dealkylation sites (tertiary alicyclic amines) is 2. The minimum atomic E-state index is 0.126. The van der Waals surface area contributed by atoms with Crippen molar-refractivity contribution >= 4 is 22.6 Å². The number of hydrogen-bond acceptors (Lipinski definition) is 7. The molecule has 8 nitrogen and oxygen atoms in total. The van der Waals surface area contributed by atoms with Crippen LogP contribution in [0.25, 0.3) is 22.0 Å². The van der Waals surface area contributed by atoms with E-state index in [-0.39, 0.29) is 24.8 Å². The highest BCUT2D eigenvalue weighted by Crippen LogP contribution is 2.38. The molecular formula is C32H38N4O4. The molecule has 210 valence electrons. The first kappa shape index (κ1) is 25.6. The van der Waals surface area contributed by atoms with Gasteiger partial charge in [-0.05, 0) is 93.1 Å². The lowest BCUT2D eigenvalue weighted by Crippen LogP contribution is -2.42. The molecule has 1 aromatic heterocycles. The molecule has 4 aliphatic heterocycles. The fraction of sp³-hybridized carbons (Fsp3) is 0.500. The summed E-state index contributed by atoms with van der Waals surface area (Å²) in [5.74, 6) is 2.52. The van der Waals surface area contributed by atoms with Gasteiger partial charge < -0.3 is 28.9 Å². The molecule has 4 aliphatic rings. The fourth-order valence-corrected chi connectivity index (χ4v) is 7.01. The van der Waals surface area contributed by atoms with E-state index in [9.17, 15) is 4.79 Å². The van der Waals surface area contributed by atoms with Crippen LogP contribution in [0.4, 0.5) is 5.82 Å². The van der Waals surface area contributed by atoms with Crippen molar-refractivity contribution < 1.29 is 19.0 Å². The number of amides is 1. The molecule has 0 N–H and O–H groups in total. The summed E-state index contributed by atoms with van der Waals surface area (Å²) in [5, 5.41) is 0.901. The number of carbonyl (C=O) groups excluding carboxylic acids is 1. The van der Waals surface area contributed by atoms with Gasteiger partial charge in [-0.3, -0.25) is 4.79 Å². The lowest BCUT2D eigenvalue weighted by atomic mass is 9.99. The maximum atomic E-state index is 14.4. The predicted octanol–water partition coefficient (Wildman–Crippen LogP) is 4.95. The van der Waals surface area contributed by atoms with Crippen molar-refractivity contribution in [2.75, 3.05) is 58.1 Å². The van der Waals surface area contributed by atoms with Crippen LogP contribution in [-0.4, -0.2) is 86.0 Å². The van der Waals surface area contributed by atoms with Gasteiger partial charge >= 0.3 is 0 Å². The third-order valence-corrected chi connectivity index (χ3v) is 9.07. The monoisotopic (exact) mass is 542 g/mol. The van der Waals surface area contributed by atoms with Crippen molar-refractivity contribution in [3.8, 4) is 22.6 Å². The summed E-state index contributed by atoms with van der Waals surface area (Å²) in [6, 6.07) is 14.9. The molecule has 3 fully saturated rings. The second kappa shape index (κ2) is 10.9. The summed E-state index contributed by atoms with van der Waals surface area (Å²) in [6.45, 7) is 5.93. The molecule has 0 saturated carbocycles. The van der Waals surface area contributed by atoms with E-state index >= 15 is 0 Å². The summed E-state index contributed by atoms with van der Waals surface area (Å²) in [4.78, 5) is 26.5. The third-order valence-electron chi connectivity index (χ3n) is 9.07. The van der Waals surface area contributed by atoms with Crippen LogP contribution in [-0.2, 0) is 4.74 Å². The molecule has 0 aliphatic carbocycles. The molecule has 2 aromatic carbocycles. The molecule has 1 amide bonds. The summed E-state index contributed by atoms with van der Waals surface area (Å²) >= 11 is 0. The molecule has 0 unspecified atom stereocenters. The highest BCUT2D eigenvalue weighted by atomic mass is 16.7. The standard InChI is InChI=1S/C32H38N4O4/c1-38-20-25-7-5-14-35(25)31-18-27(32(37)36-15-4-6-24(36)19-34-12-2-3-13-34)26-16-22(8-10-28(26)33-31)23-9-11-29-30(17-23)40-21-39-29/h8-11,16-18,24-25H,2-7,12-15,19-21H2,1H3/t24-,25-/m0/s1. The van der Waals surface area contributed by atoms with Crippen LogP contribution >= 0.6 is 0 Å². The first-order valence-electron chi connectivity index (χ1n) is 14.8.